The first-order valence-electron chi connectivity index (χ1n) is 6.62. The molecule has 26 heavy (non-hydrogen) atoms. The molecule has 0 atom stereocenters. The summed E-state index contributed by atoms with van der Waals surface area (Å²) >= 11 is 0. The number of allylic oxidation sites excluding steroid dienone is 3. The van der Waals surface area contributed by atoms with E-state index in [1.165, 1.54) is 0 Å². The van der Waals surface area contributed by atoms with Crippen LogP contribution in [-0.4, -0.2) is 25.5 Å². The van der Waals surface area contributed by atoms with Crippen LogP contribution in [0, 0.1) is 40.5 Å². The van der Waals surface area contributed by atoms with Gasteiger partial charge in [0.2, 0.25) is 0 Å². The minimum absolute atomic E-state index is 0.156. The smallest absolute Gasteiger partial charge is 0.281 e. The molecule has 0 radical (unpaired) electrons. The molecule has 0 unspecified atom stereocenters. The van der Waals surface area contributed by atoms with Crippen LogP contribution in [0.2, 0.25) is 0 Å². The summed E-state index contributed by atoms with van der Waals surface area (Å²) in [7, 11) is 0. The van der Waals surface area contributed by atoms with Gasteiger partial charge in [0.05, 0.1) is 36.9 Å². The van der Waals surface area contributed by atoms with Crippen molar-refractivity contribution in [3.05, 3.63) is 92.8 Å². The van der Waals surface area contributed by atoms with E-state index < -0.39 is 59.4 Å². The lowest BCUT2D eigenvalue weighted by Crippen LogP contribution is -2.21. The number of hydrogen-bond acceptors (Lipinski definition) is 9. The molecule has 0 amide bonds. The van der Waals surface area contributed by atoms with E-state index in [0.29, 0.717) is 6.08 Å². The van der Waals surface area contributed by atoms with Crippen molar-refractivity contribution in [2.75, 3.05) is 0 Å². The lowest BCUT2D eigenvalue weighted by Gasteiger charge is -2.08. The second-order valence-electron chi connectivity index (χ2n) is 5.10. The molecule has 1 aromatic carbocycles. The third-order valence-electron chi connectivity index (χ3n) is 3.79. The van der Waals surface area contributed by atoms with Gasteiger partial charge >= 0.3 is 5.70 Å². The zero-order valence-electron chi connectivity index (χ0n) is 12.3. The number of Topliss-reactive ketones (excluding diaryl/α,β-unsaturated/α-hetero) is 1. The lowest BCUT2D eigenvalue weighted by atomic mass is 9.92. The van der Waals surface area contributed by atoms with Gasteiger partial charge in [-0.15, -0.1) is 0 Å². The molecule has 0 saturated heterocycles. The van der Waals surface area contributed by atoms with Crippen molar-refractivity contribution in [1.29, 1.82) is 0 Å². The Morgan fingerprint density at radius 3 is 1.88 bits per heavy atom. The maximum absolute atomic E-state index is 12.4. The maximum atomic E-state index is 12.4. The fourth-order valence-electron chi connectivity index (χ4n) is 2.80. The number of ketones is 1. The van der Waals surface area contributed by atoms with Crippen LogP contribution >= 0.6 is 0 Å². The number of benzene rings is 1. The predicted molar refractivity (Wildman–Crippen MR) is 81.0 cm³/mol. The van der Waals surface area contributed by atoms with E-state index in [9.17, 15) is 45.3 Å². The molecule has 13 heteroatoms. The normalized spacial score (nSPS) is 15.4. The number of nitro benzene ring substituents is 1. The standard InChI is InChI=1S/C13H4N4O9/c18-13-9(16(23)24)4-8(15(21)22)10-6-2-1-5(14(19)20)3-7(6)12(11(10)13)17(25)26/h1-4H. The van der Waals surface area contributed by atoms with Crippen molar-refractivity contribution in [1.82, 2.24) is 0 Å². The zero-order chi connectivity index (χ0) is 19.3. The number of nitrogens with zero attached hydrogens (tertiary/aromatic N) is 4. The number of nitro groups is 4. The molecule has 0 fully saturated rings. The maximum Gasteiger partial charge on any atom is 0.324 e. The van der Waals surface area contributed by atoms with E-state index in [4.69, 9.17) is 0 Å². The van der Waals surface area contributed by atoms with Crippen molar-refractivity contribution in [3.8, 4) is 0 Å². The fraction of sp³-hybridized carbons (Fsp3) is 0. The largest absolute Gasteiger partial charge is 0.324 e. The van der Waals surface area contributed by atoms with E-state index in [0.717, 1.165) is 18.2 Å². The van der Waals surface area contributed by atoms with Crippen LogP contribution in [-0.2, 0) is 4.79 Å². The molecule has 0 aliphatic heterocycles. The van der Waals surface area contributed by atoms with Crippen LogP contribution in [0.15, 0.2) is 41.2 Å². The van der Waals surface area contributed by atoms with Gasteiger partial charge in [-0.2, -0.15) is 0 Å². The molecule has 3 rings (SSSR count). The number of non-ortho nitro benzene ring substituents is 1. The van der Waals surface area contributed by atoms with Crippen molar-refractivity contribution in [3.63, 3.8) is 0 Å². The van der Waals surface area contributed by atoms with Gasteiger partial charge in [0.25, 0.3) is 22.9 Å². The zero-order valence-corrected chi connectivity index (χ0v) is 12.3. The molecule has 1 aromatic rings. The first-order chi connectivity index (χ1) is 12.1. The monoisotopic (exact) mass is 360 g/mol. The summed E-state index contributed by atoms with van der Waals surface area (Å²) < 4.78 is 0. The Labute approximate surface area is 141 Å². The van der Waals surface area contributed by atoms with Crippen LogP contribution in [0.1, 0.15) is 11.1 Å². The summed E-state index contributed by atoms with van der Waals surface area (Å²) in [6, 6.07) is 2.78. The topological polar surface area (TPSA) is 190 Å². The summed E-state index contributed by atoms with van der Waals surface area (Å²) in [5.74, 6) is -1.37. The first kappa shape index (κ1) is 16.6. The first-order valence-corrected chi connectivity index (χ1v) is 6.62. The number of rotatable bonds is 4. The number of carbonyl (C=O) groups excluding carboxylic acids is 1. The Bertz CT molecular complexity index is 1060. The number of carbonyl (C=O) groups is 1. The van der Waals surface area contributed by atoms with E-state index in [-0.39, 0.29) is 11.1 Å². The Morgan fingerprint density at radius 2 is 1.38 bits per heavy atom. The van der Waals surface area contributed by atoms with Gasteiger partial charge in [-0.1, -0.05) is 0 Å². The van der Waals surface area contributed by atoms with E-state index in [1.807, 2.05) is 0 Å². The van der Waals surface area contributed by atoms with Gasteiger partial charge in [0.1, 0.15) is 5.57 Å². The number of fused-ring (bicyclic) bond motifs is 3. The molecule has 13 nitrogen and oxygen atoms in total. The average Bonchev–Trinajstić information content (AvgIpc) is 2.89. The molecular formula is C13H4N4O9. The minimum atomic E-state index is -1.37. The van der Waals surface area contributed by atoms with Crippen LogP contribution in [0.4, 0.5) is 5.69 Å². The Kier molecular flexibility index (Phi) is 3.42. The van der Waals surface area contributed by atoms with Crippen LogP contribution < -0.4 is 0 Å². The van der Waals surface area contributed by atoms with Crippen LogP contribution in [0.3, 0.4) is 0 Å². The minimum Gasteiger partial charge on any atom is -0.281 e. The lowest BCUT2D eigenvalue weighted by molar-refractivity contribution is -0.430. The summed E-state index contributed by atoms with van der Waals surface area (Å²) in [6.45, 7) is 0. The summed E-state index contributed by atoms with van der Waals surface area (Å²) in [5, 5.41) is 44.7. The highest BCUT2D eigenvalue weighted by molar-refractivity contribution is 6.26. The van der Waals surface area contributed by atoms with Crippen molar-refractivity contribution in [2.24, 2.45) is 0 Å². The second kappa shape index (κ2) is 5.37. The molecule has 2 aliphatic carbocycles. The summed E-state index contributed by atoms with van der Waals surface area (Å²) in [6.07, 6.45) is 0.426. The second-order valence-corrected chi connectivity index (χ2v) is 5.10. The van der Waals surface area contributed by atoms with E-state index in [1.54, 1.807) is 0 Å². The quantitative estimate of drug-likeness (QED) is 0.562. The molecule has 130 valence electrons. The highest BCUT2D eigenvalue weighted by Gasteiger charge is 2.49. The Morgan fingerprint density at radius 1 is 0.731 bits per heavy atom. The van der Waals surface area contributed by atoms with Gasteiger partial charge in [-0.25, -0.2) is 0 Å². The predicted octanol–water partition coefficient (Wildman–Crippen LogP) is 1.33. The summed E-state index contributed by atoms with van der Waals surface area (Å²) in [5.41, 5.74) is -5.41. The molecule has 0 bridgehead atoms. The molecular weight excluding hydrogens is 356 g/mol. The molecule has 0 spiro atoms. The summed E-state index contributed by atoms with van der Waals surface area (Å²) in [4.78, 5) is 52.9. The van der Waals surface area contributed by atoms with Gasteiger partial charge in [0, 0.05) is 17.7 Å². The fourth-order valence-corrected chi connectivity index (χ4v) is 2.80. The molecule has 0 N–H and O–H groups in total. The molecule has 2 aliphatic rings. The van der Waals surface area contributed by atoms with E-state index >= 15 is 0 Å². The third-order valence-corrected chi connectivity index (χ3v) is 3.79. The van der Waals surface area contributed by atoms with Crippen LogP contribution in [0.25, 0.3) is 11.3 Å². The van der Waals surface area contributed by atoms with Gasteiger partial charge < -0.3 is 0 Å². The van der Waals surface area contributed by atoms with E-state index in [2.05, 4.69) is 0 Å². The van der Waals surface area contributed by atoms with Gasteiger partial charge in [-0.05, 0) is 6.07 Å². The molecule has 0 heterocycles. The Balaban J connectivity index is 2.47. The molecule has 0 aromatic heterocycles. The highest BCUT2D eigenvalue weighted by Crippen LogP contribution is 2.47. The van der Waals surface area contributed by atoms with Gasteiger partial charge in [-0.3, -0.25) is 45.3 Å². The SMILES string of the molecule is O=C1C([N+](=O)[O-])=CC([N+](=O)[O-])=C2C1=C([N+](=O)[O-])c1cc([N+](=O)[O-])ccc12. The number of hydrogen-bond donors (Lipinski definition) is 0. The average molecular weight is 360 g/mol. The Hall–Kier alpha value is -4.29. The third kappa shape index (κ3) is 2.15. The van der Waals surface area contributed by atoms with Crippen molar-refractivity contribution in [2.45, 2.75) is 0 Å². The van der Waals surface area contributed by atoms with Crippen molar-refractivity contribution < 1.29 is 24.5 Å². The molecule has 0 saturated carbocycles. The van der Waals surface area contributed by atoms with Crippen LogP contribution in [0.5, 0.6) is 0 Å². The van der Waals surface area contributed by atoms with Gasteiger partial charge in [0.15, 0.2) is 0 Å². The highest BCUT2D eigenvalue weighted by atomic mass is 16.6. The van der Waals surface area contributed by atoms with Crippen molar-refractivity contribution >= 4 is 22.7 Å².